The van der Waals surface area contributed by atoms with Crippen LogP contribution in [0.5, 0.6) is 0 Å². The summed E-state index contributed by atoms with van der Waals surface area (Å²) in [6.07, 6.45) is -0.612. The first kappa shape index (κ1) is 18.9. The number of fused-ring (bicyclic) bond motifs is 1. The van der Waals surface area contributed by atoms with Gasteiger partial charge in [-0.1, -0.05) is 5.16 Å². The third kappa shape index (κ3) is 3.17. The smallest absolute Gasteiger partial charge is 0.383 e. The van der Waals surface area contributed by atoms with Crippen molar-refractivity contribution in [1.29, 1.82) is 0 Å². The van der Waals surface area contributed by atoms with Crippen LogP contribution < -0.4 is 5.73 Å². The number of H-pyrrole nitrogens is 1. The molecular weight excluding hydrogens is 401 g/mol. The molecule has 1 atom stereocenters. The number of hydrogen-bond acceptors (Lipinski definition) is 6. The maximum absolute atomic E-state index is 13.7. The number of aromatic nitrogens is 4. The summed E-state index contributed by atoms with van der Waals surface area (Å²) in [4.78, 5) is 18.9. The first-order valence-electron chi connectivity index (χ1n) is 9.82. The topological polar surface area (TPSA) is 114 Å². The van der Waals surface area contributed by atoms with Crippen molar-refractivity contribution < 1.29 is 22.5 Å². The van der Waals surface area contributed by atoms with Crippen molar-refractivity contribution in [3.63, 3.8) is 0 Å². The Morgan fingerprint density at radius 2 is 2.03 bits per heavy atom. The average Bonchev–Trinajstić information content (AvgIpc) is 3.34. The maximum Gasteiger partial charge on any atom is 0.417 e. The van der Waals surface area contributed by atoms with E-state index in [1.54, 1.807) is 6.07 Å². The van der Waals surface area contributed by atoms with Crippen LogP contribution in [0.1, 0.15) is 71.6 Å². The van der Waals surface area contributed by atoms with Crippen LogP contribution in [0.4, 0.5) is 19.0 Å². The molecular formula is C19H19F3N6O2. The highest BCUT2D eigenvalue weighted by molar-refractivity contribution is 5.93. The maximum atomic E-state index is 13.7. The molecule has 1 aliphatic heterocycles. The highest BCUT2D eigenvalue weighted by Crippen LogP contribution is 2.41. The molecule has 3 aromatic rings. The molecule has 1 saturated carbocycles. The van der Waals surface area contributed by atoms with Gasteiger partial charge < -0.3 is 15.2 Å². The molecule has 0 radical (unpaired) electrons. The summed E-state index contributed by atoms with van der Waals surface area (Å²) in [5, 5.41) is 9.81. The fourth-order valence-corrected chi connectivity index (χ4v) is 4.04. The number of alkyl halides is 3. The fourth-order valence-electron chi connectivity index (χ4n) is 4.04. The first-order chi connectivity index (χ1) is 14.3. The van der Waals surface area contributed by atoms with Gasteiger partial charge in [0, 0.05) is 18.5 Å². The second kappa shape index (κ2) is 6.71. The molecule has 30 heavy (non-hydrogen) atoms. The van der Waals surface area contributed by atoms with E-state index in [-0.39, 0.29) is 34.1 Å². The number of rotatable bonds is 3. The largest absolute Gasteiger partial charge is 0.417 e. The predicted octanol–water partition coefficient (Wildman–Crippen LogP) is 3.79. The lowest BCUT2D eigenvalue weighted by molar-refractivity contribution is -0.136. The Labute approximate surface area is 168 Å². The van der Waals surface area contributed by atoms with Gasteiger partial charge in [0.25, 0.3) is 5.91 Å². The van der Waals surface area contributed by atoms with Crippen molar-refractivity contribution in [3.8, 4) is 0 Å². The SMILES string of the molecule is Nc1[nH]nc2nc([C@H]3CCCCN3C(=O)c3cc(C4CC4)on3)cc(C(F)(F)F)c12. The van der Waals surface area contributed by atoms with Crippen LogP contribution in [-0.2, 0) is 6.18 Å². The number of carbonyl (C=O) groups is 1. The van der Waals surface area contributed by atoms with Crippen molar-refractivity contribution in [1.82, 2.24) is 25.2 Å². The van der Waals surface area contributed by atoms with Crippen LogP contribution in [0.3, 0.4) is 0 Å². The van der Waals surface area contributed by atoms with Crippen molar-refractivity contribution in [2.45, 2.75) is 50.2 Å². The third-order valence-electron chi connectivity index (χ3n) is 5.71. The van der Waals surface area contributed by atoms with Crippen molar-refractivity contribution in [3.05, 3.63) is 34.8 Å². The summed E-state index contributed by atoms with van der Waals surface area (Å²) < 4.78 is 46.4. The summed E-state index contributed by atoms with van der Waals surface area (Å²) in [6, 6.07) is 2.00. The van der Waals surface area contributed by atoms with Gasteiger partial charge in [-0.25, -0.2) is 4.98 Å². The zero-order chi connectivity index (χ0) is 21.0. The van der Waals surface area contributed by atoms with E-state index in [1.165, 1.54) is 4.90 Å². The van der Waals surface area contributed by atoms with Gasteiger partial charge >= 0.3 is 6.18 Å². The van der Waals surface area contributed by atoms with Gasteiger partial charge in [-0.05, 0) is 38.2 Å². The van der Waals surface area contributed by atoms with Crippen LogP contribution in [0, 0.1) is 0 Å². The minimum Gasteiger partial charge on any atom is -0.383 e. The zero-order valence-corrected chi connectivity index (χ0v) is 15.9. The van der Waals surface area contributed by atoms with Crippen LogP contribution >= 0.6 is 0 Å². The van der Waals surface area contributed by atoms with Crippen LogP contribution in [0.15, 0.2) is 16.7 Å². The number of aromatic amines is 1. The molecule has 0 spiro atoms. The Hall–Kier alpha value is -3.11. The fraction of sp³-hybridized carbons (Fsp3) is 0.474. The Balaban J connectivity index is 1.53. The molecule has 0 unspecified atom stereocenters. The number of anilines is 1. The minimum absolute atomic E-state index is 0.118. The number of hydrogen-bond donors (Lipinski definition) is 2. The molecule has 1 amide bonds. The molecule has 2 aliphatic rings. The molecule has 4 heterocycles. The number of amides is 1. The van der Waals surface area contributed by atoms with Crippen molar-refractivity contribution >= 4 is 22.8 Å². The van der Waals surface area contributed by atoms with Crippen LogP contribution in [0.25, 0.3) is 11.0 Å². The molecule has 3 aromatic heterocycles. The number of piperidine rings is 1. The van der Waals surface area contributed by atoms with Crippen molar-refractivity contribution in [2.24, 2.45) is 0 Å². The van der Waals surface area contributed by atoms with Gasteiger partial charge in [0.2, 0.25) is 0 Å². The number of carbonyl (C=O) groups excluding carboxylic acids is 1. The minimum atomic E-state index is -4.64. The van der Waals surface area contributed by atoms with E-state index in [4.69, 9.17) is 10.3 Å². The van der Waals surface area contributed by atoms with Crippen molar-refractivity contribution in [2.75, 3.05) is 12.3 Å². The molecule has 11 heteroatoms. The number of nitrogen functional groups attached to an aromatic ring is 1. The Kier molecular flexibility index (Phi) is 4.23. The number of pyridine rings is 1. The predicted molar refractivity (Wildman–Crippen MR) is 99.4 cm³/mol. The molecule has 5 rings (SSSR count). The third-order valence-corrected chi connectivity index (χ3v) is 5.71. The van der Waals surface area contributed by atoms with E-state index < -0.39 is 17.8 Å². The van der Waals surface area contributed by atoms with E-state index >= 15 is 0 Å². The highest BCUT2D eigenvalue weighted by Gasteiger charge is 2.38. The molecule has 8 nitrogen and oxygen atoms in total. The quantitative estimate of drug-likeness (QED) is 0.666. The number of nitrogens with two attached hydrogens (primary N) is 1. The zero-order valence-electron chi connectivity index (χ0n) is 15.9. The standard InChI is InChI=1S/C19H19F3N6O2/c20-19(21,22)10-7-11(24-17-15(10)16(23)25-26-17)13-3-1-2-6-28(13)18(29)12-8-14(30-27-12)9-4-5-9/h7-9,13H,1-6H2,(H3,23,24,25,26)/t13-/m1/s1. The lowest BCUT2D eigenvalue weighted by atomic mass is 9.96. The van der Waals surface area contributed by atoms with E-state index in [9.17, 15) is 18.0 Å². The summed E-state index contributed by atoms with van der Waals surface area (Å²) >= 11 is 0. The summed E-state index contributed by atoms with van der Waals surface area (Å²) in [6.45, 7) is 0.402. The molecule has 1 aliphatic carbocycles. The lowest BCUT2D eigenvalue weighted by Gasteiger charge is -2.35. The number of nitrogens with zero attached hydrogens (tertiary/aromatic N) is 4. The molecule has 1 saturated heterocycles. The molecule has 158 valence electrons. The summed E-state index contributed by atoms with van der Waals surface area (Å²) in [7, 11) is 0. The lowest BCUT2D eigenvalue weighted by Crippen LogP contribution is -2.39. The number of likely N-dealkylation sites (tertiary alicyclic amines) is 1. The van der Waals surface area contributed by atoms with E-state index in [1.807, 2.05) is 0 Å². The van der Waals surface area contributed by atoms with Gasteiger partial charge in [-0.2, -0.15) is 18.3 Å². The van der Waals surface area contributed by atoms with Gasteiger partial charge in [0.1, 0.15) is 11.6 Å². The highest BCUT2D eigenvalue weighted by atomic mass is 19.4. The molecule has 2 fully saturated rings. The van der Waals surface area contributed by atoms with Gasteiger partial charge in [-0.15, -0.1) is 0 Å². The second-order valence-electron chi connectivity index (χ2n) is 7.83. The van der Waals surface area contributed by atoms with Gasteiger partial charge in [0.05, 0.1) is 22.7 Å². The Morgan fingerprint density at radius 3 is 2.77 bits per heavy atom. The molecule has 0 aromatic carbocycles. The van der Waals surface area contributed by atoms with Gasteiger partial charge in [-0.3, -0.25) is 9.89 Å². The average molecular weight is 420 g/mol. The summed E-state index contributed by atoms with van der Waals surface area (Å²) in [5.41, 5.74) is 4.92. The monoisotopic (exact) mass is 420 g/mol. The number of halogens is 3. The Bertz CT molecular complexity index is 1120. The van der Waals surface area contributed by atoms with Gasteiger partial charge in [0.15, 0.2) is 11.3 Å². The molecule has 0 bridgehead atoms. The van der Waals surface area contributed by atoms with Crippen LogP contribution in [0.2, 0.25) is 0 Å². The number of nitrogens with one attached hydrogen (secondary N) is 1. The second-order valence-corrected chi connectivity index (χ2v) is 7.83. The summed E-state index contributed by atoms with van der Waals surface area (Å²) in [5.74, 6) is 0.424. The first-order valence-corrected chi connectivity index (χ1v) is 9.82. The normalized spacial score (nSPS) is 20.1. The van der Waals surface area contributed by atoms with E-state index in [2.05, 4.69) is 20.3 Å². The van der Waals surface area contributed by atoms with E-state index in [0.717, 1.165) is 31.7 Å². The van der Waals surface area contributed by atoms with E-state index in [0.29, 0.717) is 24.6 Å². The van der Waals surface area contributed by atoms with Crippen LogP contribution in [-0.4, -0.2) is 37.7 Å². The Morgan fingerprint density at radius 1 is 1.23 bits per heavy atom. The molecule has 3 N–H and O–H groups in total.